The van der Waals surface area contributed by atoms with Crippen LogP contribution in [0.1, 0.15) is 19.4 Å². The molecule has 1 aromatic heterocycles. The van der Waals surface area contributed by atoms with Crippen LogP contribution in [0, 0.1) is 5.92 Å². The van der Waals surface area contributed by atoms with Gasteiger partial charge in [-0.2, -0.15) is 0 Å². The van der Waals surface area contributed by atoms with Gasteiger partial charge in [-0.25, -0.2) is 0 Å². The summed E-state index contributed by atoms with van der Waals surface area (Å²) in [7, 11) is 6.69. The second kappa shape index (κ2) is 5.28. The summed E-state index contributed by atoms with van der Waals surface area (Å²) in [5.41, 5.74) is 4.72. The molecule has 94 valence electrons. The maximum Gasteiger partial charge on any atom is 0.163 e. The molecule has 0 fully saturated rings. The number of pyridine rings is 1. The molecule has 19 heavy (non-hydrogen) atoms. The van der Waals surface area contributed by atoms with Gasteiger partial charge in [0.1, 0.15) is 15.7 Å². The van der Waals surface area contributed by atoms with E-state index in [9.17, 15) is 0 Å². The van der Waals surface area contributed by atoms with Crippen molar-refractivity contribution < 1.29 is 0 Å². The quantitative estimate of drug-likeness (QED) is 0.700. The van der Waals surface area contributed by atoms with Crippen LogP contribution < -0.4 is 5.59 Å². The fraction of sp³-hybridized carbons (Fsp3) is 0.267. The molecule has 1 heterocycles. The molecule has 0 aliphatic rings. The summed E-state index contributed by atoms with van der Waals surface area (Å²) >= 11 is 0. The molecule has 2 rings (SSSR count). The van der Waals surface area contributed by atoms with E-state index in [1.165, 1.54) is 11.1 Å². The monoisotopic (exact) mass is 247 g/mol. The Labute approximate surface area is 119 Å². The van der Waals surface area contributed by atoms with Crippen molar-refractivity contribution in [1.29, 1.82) is 0 Å². The third-order valence-corrected chi connectivity index (χ3v) is 4.21. The van der Waals surface area contributed by atoms with E-state index in [2.05, 4.69) is 78.8 Å². The Kier molecular flexibility index (Phi) is 3.89. The van der Waals surface area contributed by atoms with Crippen molar-refractivity contribution in [2.45, 2.75) is 19.1 Å². The predicted molar refractivity (Wildman–Crippen MR) is 91.5 cm³/mol. The molecular weight excluding hydrogens is 227 g/mol. The van der Waals surface area contributed by atoms with Gasteiger partial charge in [0, 0.05) is 5.56 Å². The minimum Gasteiger partial charge on any atom is -0.264 e. The first kappa shape index (κ1) is 14.0. The second-order valence-electron chi connectivity index (χ2n) is 6.12. The lowest BCUT2D eigenvalue weighted by Crippen LogP contribution is -2.34. The van der Waals surface area contributed by atoms with Gasteiger partial charge >= 0.3 is 0 Å². The third kappa shape index (κ3) is 2.94. The van der Waals surface area contributed by atoms with Crippen LogP contribution in [0.3, 0.4) is 0 Å². The molecule has 0 saturated heterocycles. The number of rotatable bonds is 3. The lowest BCUT2D eigenvalue weighted by molar-refractivity contribution is 0.570. The van der Waals surface area contributed by atoms with Gasteiger partial charge < -0.3 is 0 Å². The number of benzene rings is 1. The summed E-state index contributed by atoms with van der Waals surface area (Å²) in [6.07, 6.45) is 0. The van der Waals surface area contributed by atoms with E-state index < -0.39 is 0 Å². The smallest absolute Gasteiger partial charge is 0.163 e. The molecule has 0 unspecified atom stereocenters. The Morgan fingerprint density at radius 2 is 1.68 bits per heavy atom. The number of nitrogens with zero attached hydrogens (tertiary/aromatic N) is 1. The Morgan fingerprint density at radius 1 is 1.05 bits per heavy atom. The topological polar surface area (TPSA) is 12.9 Å². The van der Waals surface area contributed by atoms with Gasteiger partial charge in [-0.3, -0.25) is 4.98 Å². The summed E-state index contributed by atoms with van der Waals surface area (Å²) < 4.78 is 0. The molecule has 0 saturated carbocycles. The predicted octanol–water partition coefficient (Wildman–Crippen LogP) is 0.0820. The SMILES string of the molecule is Bc1cc(C(B)(B)C(C)C)cc(-c2ccccc2)n1. The molecule has 0 spiro atoms. The number of aromatic nitrogens is 1. The zero-order valence-corrected chi connectivity index (χ0v) is 12.6. The molecule has 0 amide bonds. The lowest BCUT2D eigenvalue weighted by atomic mass is 9.46. The van der Waals surface area contributed by atoms with Crippen molar-refractivity contribution in [3.05, 3.63) is 48.0 Å². The molecule has 0 bridgehead atoms. The van der Waals surface area contributed by atoms with Gasteiger partial charge in [0.05, 0.1) is 5.69 Å². The second-order valence-corrected chi connectivity index (χ2v) is 6.12. The molecule has 0 radical (unpaired) electrons. The summed E-state index contributed by atoms with van der Waals surface area (Å²) in [5.74, 6) is 0.595. The molecule has 0 aliphatic heterocycles. The Balaban J connectivity index is 2.53. The van der Waals surface area contributed by atoms with Gasteiger partial charge in [-0.05, 0) is 17.7 Å². The largest absolute Gasteiger partial charge is 0.264 e. The van der Waals surface area contributed by atoms with Crippen molar-refractivity contribution in [3.63, 3.8) is 0 Å². The molecule has 0 atom stereocenters. The third-order valence-electron chi connectivity index (χ3n) is 4.21. The highest BCUT2D eigenvalue weighted by Crippen LogP contribution is 2.27. The first-order chi connectivity index (χ1) is 8.91. The van der Waals surface area contributed by atoms with Crippen LogP contribution in [-0.4, -0.2) is 28.5 Å². The molecule has 1 aromatic carbocycles. The van der Waals surface area contributed by atoms with Gasteiger partial charge in [-0.1, -0.05) is 60.9 Å². The number of hydrogen-bond donors (Lipinski definition) is 0. The fourth-order valence-electron chi connectivity index (χ4n) is 2.13. The zero-order chi connectivity index (χ0) is 14.0. The first-order valence-corrected chi connectivity index (χ1v) is 6.96. The van der Waals surface area contributed by atoms with Crippen molar-refractivity contribution in [2.75, 3.05) is 0 Å². The lowest BCUT2D eigenvalue weighted by Gasteiger charge is -2.30. The van der Waals surface area contributed by atoms with Gasteiger partial charge in [-0.15, -0.1) is 0 Å². The van der Waals surface area contributed by atoms with E-state index in [-0.39, 0.29) is 5.21 Å². The standard InChI is InChI=1S/C15H20B3N/c1-10(2)15(17,18)12-8-13(19-14(16)9-12)11-6-4-3-5-7-11/h3-10H,16-18H2,1-2H3. The van der Waals surface area contributed by atoms with Gasteiger partial charge in [0.25, 0.3) is 0 Å². The van der Waals surface area contributed by atoms with Crippen LogP contribution in [0.5, 0.6) is 0 Å². The van der Waals surface area contributed by atoms with E-state index >= 15 is 0 Å². The van der Waals surface area contributed by atoms with Crippen LogP contribution in [0.25, 0.3) is 11.3 Å². The maximum atomic E-state index is 4.68. The maximum absolute atomic E-state index is 4.68. The molecule has 0 N–H and O–H groups in total. The number of hydrogen-bond acceptors (Lipinski definition) is 1. The van der Waals surface area contributed by atoms with Gasteiger partial charge in [0.15, 0.2) is 7.85 Å². The van der Waals surface area contributed by atoms with Crippen molar-refractivity contribution >= 4 is 29.1 Å². The van der Waals surface area contributed by atoms with Crippen LogP contribution in [0.4, 0.5) is 0 Å². The Morgan fingerprint density at radius 3 is 2.26 bits per heavy atom. The summed E-state index contributed by atoms with van der Waals surface area (Å²) in [6.45, 7) is 4.55. The van der Waals surface area contributed by atoms with Crippen LogP contribution in [0.15, 0.2) is 42.5 Å². The average Bonchev–Trinajstić information content (AvgIpc) is 2.39. The van der Waals surface area contributed by atoms with E-state index in [0.29, 0.717) is 5.92 Å². The highest BCUT2D eigenvalue weighted by atomic mass is 14.7. The average molecular weight is 247 g/mol. The zero-order valence-electron chi connectivity index (χ0n) is 12.6. The molecule has 1 nitrogen and oxygen atoms in total. The molecular formula is C15H20B3N. The normalized spacial score (nSPS) is 11.7. The Bertz CT molecular complexity index is 565. The Hall–Kier alpha value is -1.44. The van der Waals surface area contributed by atoms with E-state index in [1.807, 2.05) is 6.07 Å². The van der Waals surface area contributed by atoms with E-state index in [0.717, 1.165) is 11.3 Å². The molecule has 2 aromatic rings. The van der Waals surface area contributed by atoms with Crippen LogP contribution >= 0.6 is 0 Å². The first-order valence-electron chi connectivity index (χ1n) is 6.96. The fourth-order valence-corrected chi connectivity index (χ4v) is 2.13. The summed E-state index contributed by atoms with van der Waals surface area (Å²) in [5, 5.41) is 0.164. The highest BCUT2D eigenvalue weighted by molar-refractivity contribution is 6.40. The van der Waals surface area contributed by atoms with E-state index in [4.69, 9.17) is 0 Å². The minimum absolute atomic E-state index is 0.164. The van der Waals surface area contributed by atoms with Crippen molar-refractivity contribution in [3.8, 4) is 11.3 Å². The molecule has 0 aliphatic carbocycles. The van der Waals surface area contributed by atoms with Crippen LogP contribution in [0.2, 0.25) is 0 Å². The summed E-state index contributed by atoms with van der Waals surface area (Å²) in [6, 6.07) is 14.9. The van der Waals surface area contributed by atoms with Crippen molar-refractivity contribution in [2.24, 2.45) is 5.92 Å². The van der Waals surface area contributed by atoms with Crippen LogP contribution in [-0.2, 0) is 5.21 Å². The highest BCUT2D eigenvalue weighted by Gasteiger charge is 2.25. The minimum atomic E-state index is 0.164. The van der Waals surface area contributed by atoms with E-state index in [1.54, 1.807) is 0 Å². The van der Waals surface area contributed by atoms with Crippen molar-refractivity contribution in [1.82, 2.24) is 4.98 Å². The molecule has 4 heteroatoms. The summed E-state index contributed by atoms with van der Waals surface area (Å²) in [4.78, 5) is 4.68. The van der Waals surface area contributed by atoms with Gasteiger partial charge in [0.2, 0.25) is 0 Å².